The Morgan fingerprint density at radius 3 is 2.40 bits per heavy atom. The number of amides is 2. The molecular formula is C15H18N2O3. The number of hydrogen-bond donors (Lipinski definition) is 2. The van der Waals surface area contributed by atoms with Crippen LogP contribution in [0.3, 0.4) is 0 Å². The SMILES string of the molecule is CC(=O)c1ccc(NC(=O)C2CCC(C)NC2=O)cc1. The van der Waals surface area contributed by atoms with Crippen molar-refractivity contribution in [3.05, 3.63) is 29.8 Å². The minimum absolute atomic E-state index is 0.0245. The molecule has 1 saturated heterocycles. The zero-order chi connectivity index (χ0) is 14.7. The van der Waals surface area contributed by atoms with Crippen LogP contribution in [0.2, 0.25) is 0 Å². The number of Topliss-reactive ketones (excluding diaryl/α,β-unsaturated/α-hetero) is 1. The summed E-state index contributed by atoms with van der Waals surface area (Å²) in [6, 6.07) is 6.76. The molecule has 20 heavy (non-hydrogen) atoms. The fourth-order valence-corrected chi connectivity index (χ4v) is 2.23. The molecule has 0 aliphatic carbocycles. The van der Waals surface area contributed by atoms with Crippen LogP contribution < -0.4 is 10.6 Å². The summed E-state index contributed by atoms with van der Waals surface area (Å²) in [6.45, 7) is 3.41. The van der Waals surface area contributed by atoms with E-state index in [4.69, 9.17) is 0 Å². The van der Waals surface area contributed by atoms with Crippen LogP contribution in [0.15, 0.2) is 24.3 Å². The molecule has 1 aromatic carbocycles. The molecule has 2 unspecified atom stereocenters. The van der Waals surface area contributed by atoms with Crippen LogP contribution in [0.1, 0.15) is 37.0 Å². The monoisotopic (exact) mass is 274 g/mol. The van der Waals surface area contributed by atoms with E-state index in [1.165, 1.54) is 6.92 Å². The highest BCUT2D eigenvalue weighted by molar-refractivity contribution is 6.07. The quantitative estimate of drug-likeness (QED) is 0.651. The molecule has 1 fully saturated rings. The van der Waals surface area contributed by atoms with E-state index in [2.05, 4.69) is 10.6 Å². The van der Waals surface area contributed by atoms with Crippen LogP contribution in [0.4, 0.5) is 5.69 Å². The number of rotatable bonds is 3. The van der Waals surface area contributed by atoms with Gasteiger partial charge in [0.15, 0.2) is 5.78 Å². The Morgan fingerprint density at radius 1 is 1.20 bits per heavy atom. The second-order valence-corrected chi connectivity index (χ2v) is 5.16. The lowest BCUT2D eigenvalue weighted by Crippen LogP contribution is -2.46. The lowest BCUT2D eigenvalue weighted by molar-refractivity contribution is -0.134. The van der Waals surface area contributed by atoms with E-state index < -0.39 is 5.92 Å². The molecule has 0 bridgehead atoms. The molecular weight excluding hydrogens is 256 g/mol. The highest BCUT2D eigenvalue weighted by Crippen LogP contribution is 2.18. The van der Waals surface area contributed by atoms with E-state index in [1.807, 2.05) is 6.92 Å². The van der Waals surface area contributed by atoms with Crippen molar-refractivity contribution in [2.24, 2.45) is 5.92 Å². The normalized spacial score (nSPS) is 22.0. The average molecular weight is 274 g/mol. The Hall–Kier alpha value is -2.17. The van der Waals surface area contributed by atoms with Crippen LogP contribution >= 0.6 is 0 Å². The minimum Gasteiger partial charge on any atom is -0.353 e. The molecule has 2 atom stereocenters. The summed E-state index contributed by atoms with van der Waals surface area (Å²) in [6.07, 6.45) is 1.36. The fourth-order valence-electron chi connectivity index (χ4n) is 2.23. The summed E-state index contributed by atoms with van der Waals surface area (Å²) in [5.41, 5.74) is 1.18. The first kappa shape index (κ1) is 14.2. The summed E-state index contributed by atoms with van der Waals surface area (Å²) in [4.78, 5) is 35.0. The van der Waals surface area contributed by atoms with Crippen LogP contribution in [0.25, 0.3) is 0 Å². The first-order valence-electron chi connectivity index (χ1n) is 6.69. The molecule has 2 N–H and O–H groups in total. The summed E-state index contributed by atoms with van der Waals surface area (Å²) in [5, 5.41) is 5.49. The Balaban J connectivity index is 2.00. The van der Waals surface area contributed by atoms with Crippen molar-refractivity contribution >= 4 is 23.3 Å². The number of carbonyl (C=O) groups is 3. The largest absolute Gasteiger partial charge is 0.353 e. The Morgan fingerprint density at radius 2 is 1.85 bits per heavy atom. The van der Waals surface area contributed by atoms with Gasteiger partial charge in [0.05, 0.1) is 0 Å². The van der Waals surface area contributed by atoms with E-state index in [0.29, 0.717) is 17.7 Å². The van der Waals surface area contributed by atoms with Gasteiger partial charge in [0.25, 0.3) is 0 Å². The zero-order valence-corrected chi connectivity index (χ0v) is 11.6. The van der Waals surface area contributed by atoms with Gasteiger partial charge in [-0.1, -0.05) is 0 Å². The molecule has 1 aromatic rings. The maximum Gasteiger partial charge on any atom is 0.236 e. The van der Waals surface area contributed by atoms with Gasteiger partial charge in [-0.15, -0.1) is 0 Å². The molecule has 0 spiro atoms. The van der Waals surface area contributed by atoms with Crippen LogP contribution in [-0.2, 0) is 9.59 Å². The maximum absolute atomic E-state index is 12.1. The van der Waals surface area contributed by atoms with Gasteiger partial charge in [0, 0.05) is 17.3 Å². The van der Waals surface area contributed by atoms with Crippen molar-refractivity contribution in [3.8, 4) is 0 Å². The topological polar surface area (TPSA) is 75.3 Å². The van der Waals surface area contributed by atoms with E-state index >= 15 is 0 Å². The predicted molar refractivity (Wildman–Crippen MR) is 75.4 cm³/mol. The van der Waals surface area contributed by atoms with Crippen LogP contribution in [0.5, 0.6) is 0 Å². The first-order chi connectivity index (χ1) is 9.47. The van der Waals surface area contributed by atoms with Crippen molar-refractivity contribution < 1.29 is 14.4 Å². The molecule has 0 radical (unpaired) electrons. The molecule has 1 aliphatic rings. The highest BCUT2D eigenvalue weighted by atomic mass is 16.2. The average Bonchev–Trinajstić information content (AvgIpc) is 2.39. The minimum atomic E-state index is -0.640. The number of anilines is 1. The van der Waals surface area contributed by atoms with Crippen molar-refractivity contribution in [2.75, 3.05) is 5.32 Å². The molecule has 1 heterocycles. The third kappa shape index (κ3) is 3.23. The van der Waals surface area contributed by atoms with Gasteiger partial charge in [-0.2, -0.15) is 0 Å². The molecule has 2 amide bonds. The molecule has 0 saturated carbocycles. The number of nitrogens with one attached hydrogen (secondary N) is 2. The van der Waals surface area contributed by atoms with E-state index in [-0.39, 0.29) is 23.6 Å². The molecule has 106 valence electrons. The fraction of sp³-hybridized carbons (Fsp3) is 0.400. The maximum atomic E-state index is 12.1. The lowest BCUT2D eigenvalue weighted by Gasteiger charge is -2.26. The summed E-state index contributed by atoms with van der Waals surface area (Å²) < 4.78 is 0. The first-order valence-corrected chi connectivity index (χ1v) is 6.69. The third-order valence-electron chi connectivity index (χ3n) is 3.47. The summed E-state index contributed by atoms with van der Waals surface area (Å²) in [7, 11) is 0. The van der Waals surface area contributed by atoms with Crippen molar-refractivity contribution in [2.45, 2.75) is 32.7 Å². The number of benzene rings is 1. The van der Waals surface area contributed by atoms with Gasteiger partial charge < -0.3 is 10.6 Å². The van der Waals surface area contributed by atoms with Gasteiger partial charge in [-0.3, -0.25) is 14.4 Å². The van der Waals surface area contributed by atoms with E-state index in [9.17, 15) is 14.4 Å². The van der Waals surface area contributed by atoms with Crippen molar-refractivity contribution in [3.63, 3.8) is 0 Å². The summed E-state index contributed by atoms with van der Waals surface area (Å²) in [5.74, 6) is -1.19. The van der Waals surface area contributed by atoms with Crippen LogP contribution in [-0.4, -0.2) is 23.6 Å². The molecule has 5 nitrogen and oxygen atoms in total. The smallest absolute Gasteiger partial charge is 0.236 e. The van der Waals surface area contributed by atoms with Gasteiger partial charge >= 0.3 is 0 Å². The highest BCUT2D eigenvalue weighted by Gasteiger charge is 2.31. The lowest BCUT2D eigenvalue weighted by atomic mass is 9.94. The second-order valence-electron chi connectivity index (χ2n) is 5.16. The van der Waals surface area contributed by atoms with Crippen molar-refractivity contribution in [1.29, 1.82) is 0 Å². The number of piperidine rings is 1. The zero-order valence-electron chi connectivity index (χ0n) is 11.6. The molecule has 0 aromatic heterocycles. The predicted octanol–water partition coefficient (Wildman–Crippen LogP) is 1.74. The standard InChI is InChI=1S/C15H18N2O3/c1-9-3-8-13(14(19)16-9)15(20)17-12-6-4-11(5-7-12)10(2)18/h4-7,9,13H,3,8H2,1-2H3,(H,16,19)(H,17,20). The Bertz CT molecular complexity index is 537. The second kappa shape index (κ2) is 5.86. The van der Waals surface area contributed by atoms with Crippen LogP contribution in [0, 0.1) is 5.92 Å². The van der Waals surface area contributed by atoms with Gasteiger partial charge in [0.1, 0.15) is 5.92 Å². The molecule has 2 rings (SSSR count). The Kier molecular flexibility index (Phi) is 4.17. The molecule has 5 heteroatoms. The number of carbonyl (C=O) groups excluding carboxylic acids is 3. The number of ketones is 1. The van der Waals surface area contributed by atoms with Gasteiger partial charge in [0.2, 0.25) is 11.8 Å². The van der Waals surface area contributed by atoms with Gasteiger partial charge in [-0.05, 0) is 51.0 Å². The summed E-state index contributed by atoms with van der Waals surface area (Å²) >= 11 is 0. The van der Waals surface area contributed by atoms with Gasteiger partial charge in [-0.25, -0.2) is 0 Å². The number of hydrogen-bond acceptors (Lipinski definition) is 3. The van der Waals surface area contributed by atoms with Crippen molar-refractivity contribution in [1.82, 2.24) is 5.32 Å². The molecule has 1 aliphatic heterocycles. The third-order valence-corrected chi connectivity index (χ3v) is 3.47. The van der Waals surface area contributed by atoms with E-state index in [1.54, 1.807) is 24.3 Å². The van der Waals surface area contributed by atoms with E-state index in [0.717, 1.165) is 6.42 Å². The Labute approximate surface area is 117 Å².